The zero-order valence-corrected chi connectivity index (χ0v) is 12.2. The molecule has 106 valence electrons. The van der Waals surface area contributed by atoms with Gasteiger partial charge in [-0.2, -0.15) is 0 Å². The van der Waals surface area contributed by atoms with E-state index in [1.165, 1.54) is 11.8 Å². The van der Waals surface area contributed by atoms with Crippen molar-refractivity contribution in [2.75, 3.05) is 11.9 Å². The van der Waals surface area contributed by atoms with Crippen LogP contribution in [0, 0.1) is 10.1 Å². The Morgan fingerprint density at radius 3 is 2.68 bits per heavy atom. The summed E-state index contributed by atoms with van der Waals surface area (Å²) in [4.78, 5) is 11.5. The average Bonchev–Trinajstić information content (AvgIpc) is 2.35. The molecule has 2 atom stereocenters. The molecule has 0 heterocycles. The van der Waals surface area contributed by atoms with Gasteiger partial charge in [-0.15, -0.1) is 11.8 Å². The second-order valence-electron chi connectivity index (χ2n) is 4.40. The van der Waals surface area contributed by atoms with Crippen molar-refractivity contribution in [3.05, 3.63) is 28.3 Å². The van der Waals surface area contributed by atoms with Crippen LogP contribution >= 0.6 is 11.8 Å². The lowest BCUT2D eigenvalue weighted by molar-refractivity contribution is -0.386. The number of hydrogen-bond donors (Lipinski definition) is 2. The van der Waals surface area contributed by atoms with E-state index in [-0.39, 0.29) is 15.9 Å². The van der Waals surface area contributed by atoms with Crippen molar-refractivity contribution in [3.8, 4) is 0 Å². The van der Waals surface area contributed by atoms with Gasteiger partial charge in [0.2, 0.25) is 0 Å². The van der Waals surface area contributed by atoms with Crippen LogP contribution in [-0.2, 0) is 0 Å². The minimum atomic E-state index is -0.517. The average molecular weight is 284 g/mol. The van der Waals surface area contributed by atoms with Crippen LogP contribution < -0.4 is 5.32 Å². The van der Waals surface area contributed by atoms with Gasteiger partial charge in [0.1, 0.15) is 5.69 Å². The molecular formula is C13H20N2O3S. The summed E-state index contributed by atoms with van der Waals surface area (Å²) in [5.74, 6) is 0. The molecule has 0 aliphatic rings. The summed E-state index contributed by atoms with van der Waals surface area (Å²) in [6.45, 7) is 6.24. The van der Waals surface area contributed by atoms with E-state index in [1.807, 2.05) is 13.8 Å². The van der Waals surface area contributed by atoms with Gasteiger partial charge >= 0.3 is 5.69 Å². The molecule has 0 aliphatic carbocycles. The molecule has 5 nitrogen and oxygen atoms in total. The van der Waals surface area contributed by atoms with Crippen molar-refractivity contribution in [1.82, 2.24) is 0 Å². The molecule has 2 unspecified atom stereocenters. The number of nitro groups is 1. The van der Waals surface area contributed by atoms with Gasteiger partial charge in [0.25, 0.3) is 0 Å². The van der Waals surface area contributed by atoms with Gasteiger partial charge < -0.3 is 10.4 Å². The van der Waals surface area contributed by atoms with Gasteiger partial charge in [0, 0.05) is 11.8 Å². The zero-order valence-electron chi connectivity index (χ0n) is 11.4. The summed E-state index contributed by atoms with van der Waals surface area (Å²) >= 11 is 1.32. The summed E-state index contributed by atoms with van der Waals surface area (Å²) in [6, 6.07) is 5.23. The largest absolute Gasteiger partial charge is 0.392 e. The second-order valence-corrected chi connectivity index (χ2v) is 5.82. The molecule has 0 radical (unpaired) electrons. The lowest BCUT2D eigenvalue weighted by atomic mass is 10.2. The number of aliphatic hydroxyl groups is 1. The highest BCUT2D eigenvalue weighted by Gasteiger charge is 2.22. The Labute approximate surface area is 117 Å². The summed E-state index contributed by atoms with van der Waals surface area (Å²) in [5.41, 5.74) is 0.628. The molecule has 0 bridgehead atoms. The first-order chi connectivity index (χ1) is 8.97. The number of aliphatic hydroxyl groups excluding tert-OH is 1. The summed E-state index contributed by atoms with van der Waals surface area (Å²) in [6.07, 6.45) is 0.385. The number of nitrogens with zero attached hydrogens (tertiary/aromatic N) is 1. The molecule has 0 fully saturated rings. The van der Waals surface area contributed by atoms with Crippen LogP contribution in [0.25, 0.3) is 0 Å². The highest BCUT2D eigenvalue weighted by atomic mass is 32.2. The number of benzene rings is 1. The number of rotatable bonds is 7. The monoisotopic (exact) mass is 284 g/mol. The predicted octanol–water partition coefficient (Wildman–Crippen LogP) is 3.28. The molecule has 0 saturated heterocycles. The van der Waals surface area contributed by atoms with Crippen molar-refractivity contribution in [1.29, 1.82) is 0 Å². The number of nitrogens with one attached hydrogen (secondary N) is 1. The molecule has 19 heavy (non-hydrogen) atoms. The normalized spacial score (nSPS) is 13.9. The highest BCUT2D eigenvalue weighted by molar-refractivity contribution is 8.00. The SMILES string of the molecule is CCCNc1cccc(SC(C)C(C)O)c1[N+](=O)[O-]. The standard InChI is InChI=1S/C13H20N2O3S/c1-4-8-14-11-6-5-7-12(13(11)15(17)18)19-10(3)9(2)16/h5-7,9-10,14,16H,4,8H2,1-3H3. The highest BCUT2D eigenvalue weighted by Crippen LogP contribution is 2.38. The lowest BCUT2D eigenvalue weighted by Crippen LogP contribution is -2.15. The van der Waals surface area contributed by atoms with Gasteiger partial charge in [-0.05, 0) is 25.5 Å². The van der Waals surface area contributed by atoms with Crippen LogP contribution in [0.5, 0.6) is 0 Å². The van der Waals surface area contributed by atoms with Crippen molar-refractivity contribution in [2.45, 2.75) is 43.4 Å². The molecule has 0 spiro atoms. The van der Waals surface area contributed by atoms with E-state index in [4.69, 9.17) is 0 Å². The van der Waals surface area contributed by atoms with Crippen LogP contribution in [-0.4, -0.2) is 27.9 Å². The third-order valence-corrected chi connectivity index (χ3v) is 4.09. The van der Waals surface area contributed by atoms with E-state index in [0.717, 1.165) is 6.42 Å². The number of para-hydroxylation sites is 1. The molecule has 1 aromatic carbocycles. The second kappa shape index (κ2) is 7.35. The fraction of sp³-hybridized carbons (Fsp3) is 0.538. The van der Waals surface area contributed by atoms with E-state index < -0.39 is 6.10 Å². The minimum absolute atomic E-state index is 0.0912. The summed E-state index contributed by atoms with van der Waals surface area (Å²) in [7, 11) is 0. The third kappa shape index (κ3) is 4.40. The van der Waals surface area contributed by atoms with Crippen LogP contribution in [0.15, 0.2) is 23.1 Å². The minimum Gasteiger partial charge on any atom is -0.392 e. The summed E-state index contributed by atoms with van der Waals surface area (Å²) < 4.78 is 0. The van der Waals surface area contributed by atoms with Crippen molar-refractivity contribution in [2.24, 2.45) is 0 Å². The van der Waals surface area contributed by atoms with E-state index >= 15 is 0 Å². The number of anilines is 1. The van der Waals surface area contributed by atoms with Crippen LogP contribution in [0.3, 0.4) is 0 Å². The summed E-state index contributed by atoms with van der Waals surface area (Å²) in [5, 5.41) is 23.7. The molecule has 0 aliphatic heterocycles. The van der Waals surface area contributed by atoms with Crippen molar-refractivity contribution >= 4 is 23.1 Å². The van der Waals surface area contributed by atoms with E-state index in [0.29, 0.717) is 17.1 Å². The number of nitro benzene ring substituents is 1. The van der Waals surface area contributed by atoms with Gasteiger partial charge in [-0.1, -0.05) is 19.9 Å². The fourth-order valence-corrected chi connectivity index (χ4v) is 2.56. The first-order valence-corrected chi connectivity index (χ1v) is 7.21. The van der Waals surface area contributed by atoms with Gasteiger partial charge in [0.05, 0.1) is 15.9 Å². The Morgan fingerprint density at radius 2 is 2.16 bits per heavy atom. The lowest BCUT2D eigenvalue weighted by Gasteiger charge is -2.15. The van der Waals surface area contributed by atoms with Gasteiger partial charge in [-0.25, -0.2) is 0 Å². The van der Waals surface area contributed by atoms with Crippen LogP contribution in [0.2, 0.25) is 0 Å². The van der Waals surface area contributed by atoms with Crippen molar-refractivity contribution < 1.29 is 10.0 Å². The number of thioether (sulfide) groups is 1. The van der Waals surface area contributed by atoms with Crippen LogP contribution in [0.4, 0.5) is 11.4 Å². The Hall–Kier alpha value is -1.27. The van der Waals surface area contributed by atoms with E-state index in [9.17, 15) is 15.2 Å². The van der Waals surface area contributed by atoms with E-state index in [1.54, 1.807) is 25.1 Å². The Balaban J connectivity index is 3.06. The predicted molar refractivity (Wildman–Crippen MR) is 78.9 cm³/mol. The zero-order chi connectivity index (χ0) is 14.4. The first kappa shape index (κ1) is 15.8. The van der Waals surface area contributed by atoms with Gasteiger partial charge in [-0.3, -0.25) is 10.1 Å². The molecule has 1 aromatic rings. The fourth-order valence-electron chi connectivity index (χ4n) is 1.51. The van der Waals surface area contributed by atoms with Crippen LogP contribution in [0.1, 0.15) is 27.2 Å². The Bertz CT molecular complexity index is 438. The maximum absolute atomic E-state index is 11.2. The first-order valence-electron chi connectivity index (χ1n) is 6.33. The molecule has 0 amide bonds. The quantitative estimate of drug-likeness (QED) is 0.456. The number of hydrogen-bond acceptors (Lipinski definition) is 5. The topological polar surface area (TPSA) is 75.4 Å². The third-order valence-electron chi connectivity index (χ3n) is 2.74. The van der Waals surface area contributed by atoms with Crippen molar-refractivity contribution in [3.63, 3.8) is 0 Å². The maximum atomic E-state index is 11.2. The molecule has 6 heteroatoms. The molecule has 1 rings (SSSR count). The molecule has 0 aromatic heterocycles. The maximum Gasteiger partial charge on any atom is 0.305 e. The van der Waals surface area contributed by atoms with E-state index in [2.05, 4.69) is 5.32 Å². The smallest absolute Gasteiger partial charge is 0.305 e. The molecular weight excluding hydrogens is 264 g/mol. The molecule has 2 N–H and O–H groups in total. The Kier molecular flexibility index (Phi) is 6.11. The molecule has 0 saturated carbocycles. The Morgan fingerprint density at radius 1 is 1.47 bits per heavy atom. The van der Waals surface area contributed by atoms with Gasteiger partial charge in [0.15, 0.2) is 0 Å².